The van der Waals surface area contributed by atoms with Crippen LogP contribution in [0.2, 0.25) is 0 Å². The van der Waals surface area contributed by atoms with Gasteiger partial charge in [-0.3, -0.25) is 9.59 Å². The molecule has 0 radical (unpaired) electrons. The van der Waals surface area contributed by atoms with Crippen molar-refractivity contribution in [1.29, 1.82) is 0 Å². The first-order chi connectivity index (χ1) is 14.1. The minimum Gasteiger partial charge on any atom is -0.493 e. The fourth-order valence-corrected chi connectivity index (χ4v) is 3.53. The average Bonchev–Trinajstić information content (AvgIpc) is 2.92. The lowest BCUT2D eigenvalue weighted by atomic mass is 10.1. The number of rotatable bonds is 4. The number of anilines is 1. The molecular weight excluding hydrogens is 370 g/mol. The van der Waals surface area contributed by atoms with Crippen molar-refractivity contribution >= 4 is 11.6 Å². The Hall–Kier alpha value is -3.61. The van der Waals surface area contributed by atoms with Gasteiger partial charge in [0.05, 0.1) is 19.9 Å². The van der Waals surface area contributed by atoms with Gasteiger partial charge in [-0.15, -0.1) is 0 Å². The summed E-state index contributed by atoms with van der Waals surface area (Å²) in [5, 5.41) is 7.41. The molecule has 0 bridgehead atoms. The molecule has 29 heavy (non-hydrogen) atoms. The molecule has 4 rings (SSSR count). The molecule has 1 atom stereocenters. The highest BCUT2D eigenvalue weighted by Gasteiger charge is 2.27. The fraction of sp³-hybridized carbons (Fsp3) is 0.227. The van der Waals surface area contributed by atoms with Crippen LogP contribution in [0.4, 0.5) is 5.69 Å². The lowest BCUT2D eigenvalue weighted by molar-refractivity contribution is -0.119. The number of amides is 1. The average molecular weight is 391 g/mol. The Labute approximate surface area is 167 Å². The van der Waals surface area contributed by atoms with E-state index in [1.54, 1.807) is 32.4 Å². The molecule has 2 heterocycles. The van der Waals surface area contributed by atoms with E-state index in [4.69, 9.17) is 9.47 Å². The molecule has 0 spiro atoms. The molecule has 1 aliphatic heterocycles. The zero-order valence-electron chi connectivity index (χ0n) is 16.2. The van der Waals surface area contributed by atoms with Crippen LogP contribution in [0.1, 0.15) is 18.0 Å². The zero-order valence-corrected chi connectivity index (χ0v) is 16.2. The van der Waals surface area contributed by atoms with Gasteiger partial charge in [0, 0.05) is 17.3 Å². The first kappa shape index (κ1) is 18.7. The number of para-hydroxylation sites is 1. The van der Waals surface area contributed by atoms with E-state index in [0.29, 0.717) is 30.0 Å². The van der Waals surface area contributed by atoms with E-state index in [1.807, 2.05) is 30.3 Å². The standard InChI is InChI=1S/C22H21N3O4/c1-28-19-11-8-15(13-20(19)29-2)17-9-12-21(26)25(24-17)18-10-7-14-5-3-4-6-16(14)23-22(18)27/h3-6,8-9,11-13,18H,7,10H2,1-2H3,(H,23,27)/t18-/m1/s1. The van der Waals surface area contributed by atoms with E-state index in [-0.39, 0.29) is 11.5 Å². The van der Waals surface area contributed by atoms with Gasteiger partial charge >= 0.3 is 0 Å². The molecule has 0 aliphatic carbocycles. The Bertz CT molecular complexity index is 1120. The first-order valence-electron chi connectivity index (χ1n) is 9.31. The number of nitrogens with one attached hydrogen (secondary N) is 1. The van der Waals surface area contributed by atoms with E-state index in [2.05, 4.69) is 10.4 Å². The van der Waals surface area contributed by atoms with Crippen molar-refractivity contribution in [3.63, 3.8) is 0 Å². The first-order valence-corrected chi connectivity index (χ1v) is 9.31. The number of aromatic nitrogens is 2. The summed E-state index contributed by atoms with van der Waals surface area (Å²) >= 11 is 0. The second-order valence-corrected chi connectivity index (χ2v) is 6.77. The van der Waals surface area contributed by atoms with Crippen molar-refractivity contribution in [2.24, 2.45) is 0 Å². The maximum Gasteiger partial charge on any atom is 0.267 e. The molecule has 0 unspecified atom stereocenters. The van der Waals surface area contributed by atoms with Crippen LogP contribution >= 0.6 is 0 Å². The summed E-state index contributed by atoms with van der Waals surface area (Å²) in [6, 6.07) is 15.5. The predicted octanol–water partition coefficient (Wildman–Crippen LogP) is 3.05. The molecular formula is C22H21N3O4. The van der Waals surface area contributed by atoms with E-state index in [0.717, 1.165) is 16.8 Å². The van der Waals surface area contributed by atoms with Crippen LogP contribution in [-0.4, -0.2) is 29.9 Å². The number of hydrogen-bond donors (Lipinski definition) is 1. The molecule has 2 aromatic carbocycles. The third-order valence-electron chi connectivity index (χ3n) is 5.06. The van der Waals surface area contributed by atoms with Gasteiger partial charge in [0.1, 0.15) is 6.04 Å². The van der Waals surface area contributed by atoms with Crippen LogP contribution in [0.3, 0.4) is 0 Å². The summed E-state index contributed by atoms with van der Waals surface area (Å²) in [5.41, 5.74) is 2.84. The highest BCUT2D eigenvalue weighted by molar-refractivity contribution is 5.95. The Morgan fingerprint density at radius 2 is 1.79 bits per heavy atom. The largest absolute Gasteiger partial charge is 0.493 e. The number of aryl methyl sites for hydroxylation is 1. The molecule has 1 aliphatic rings. The summed E-state index contributed by atoms with van der Waals surface area (Å²) in [4.78, 5) is 25.3. The molecule has 148 valence electrons. The molecule has 0 saturated carbocycles. The summed E-state index contributed by atoms with van der Waals surface area (Å²) in [5.74, 6) is 0.923. The Balaban J connectivity index is 1.71. The number of fused-ring (bicyclic) bond motifs is 1. The van der Waals surface area contributed by atoms with E-state index >= 15 is 0 Å². The fourth-order valence-electron chi connectivity index (χ4n) is 3.53. The highest BCUT2D eigenvalue weighted by atomic mass is 16.5. The number of benzene rings is 2. The van der Waals surface area contributed by atoms with Crippen molar-refractivity contribution in [1.82, 2.24) is 9.78 Å². The summed E-state index contributed by atoms with van der Waals surface area (Å²) in [6.45, 7) is 0. The van der Waals surface area contributed by atoms with Gasteiger partial charge in [0.15, 0.2) is 11.5 Å². The van der Waals surface area contributed by atoms with Gasteiger partial charge in [-0.25, -0.2) is 4.68 Å². The van der Waals surface area contributed by atoms with E-state index in [9.17, 15) is 9.59 Å². The van der Waals surface area contributed by atoms with Crippen molar-refractivity contribution in [2.75, 3.05) is 19.5 Å². The number of carbonyl (C=O) groups is 1. The molecule has 3 aromatic rings. The van der Waals surface area contributed by atoms with Gasteiger partial charge in [0.25, 0.3) is 5.56 Å². The van der Waals surface area contributed by atoms with Crippen LogP contribution in [0.5, 0.6) is 11.5 Å². The topological polar surface area (TPSA) is 82.5 Å². The van der Waals surface area contributed by atoms with Crippen LogP contribution < -0.4 is 20.3 Å². The number of hydrogen-bond acceptors (Lipinski definition) is 5. The van der Waals surface area contributed by atoms with Gasteiger partial charge in [-0.05, 0) is 48.7 Å². The van der Waals surface area contributed by atoms with Crippen LogP contribution in [0, 0.1) is 0 Å². The number of methoxy groups -OCH3 is 2. The predicted molar refractivity (Wildman–Crippen MR) is 109 cm³/mol. The maximum atomic E-state index is 12.8. The Kier molecular flexibility index (Phi) is 5.03. The molecule has 0 saturated heterocycles. The van der Waals surface area contributed by atoms with Crippen molar-refractivity contribution < 1.29 is 14.3 Å². The van der Waals surface area contributed by atoms with E-state index < -0.39 is 6.04 Å². The van der Waals surface area contributed by atoms with Crippen LogP contribution in [-0.2, 0) is 11.2 Å². The maximum absolute atomic E-state index is 12.8. The second-order valence-electron chi connectivity index (χ2n) is 6.77. The third kappa shape index (κ3) is 3.59. The minimum absolute atomic E-state index is 0.242. The second kappa shape index (κ2) is 7.79. The lowest BCUT2D eigenvalue weighted by Crippen LogP contribution is -2.34. The van der Waals surface area contributed by atoms with Gasteiger partial charge in [-0.1, -0.05) is 18.2 Å². The molecule has 0 fully saturated rings. The van der Waals surface area contributed by atoms with Crippen molar-refractivity contribution in [3.8, 4) is 22.8 Å². The number of nitrogens with zero attached hydrogens (tertiary/aromatic N) is 2. The van der Waals surface area contributed by atoms with Gasteiger partial charge in [-0.2, -0.15) is 5.10 Å². The lowest BCUT2D eigenvalue weighted by Gasteiger charge is -2.16. The van der Waals surface area contributed by atoms with Gasteiger partial charge in [0.2, 0.25) is 5.91 Å². The van der Waals surface area contributed by atoms with Crippen LogP contribution in [0.25, 0.3) is 11.3 Å². The Morgan fingerprint density at radius 1 is 1.00 bits per heavy atom. The summed E-state index contributed by atoms with van der Waals surface area (Å²) in [7, 11) is 3.13. The zero-order chi connectivity index (χ0) is 20.4. The quantitative estimate of drug-likeness (QED) is 0.739. The summed E-state index contributed by atoms with van der Waals surface area (Å²) in [6.07, 6.45) is 1.17. The smallest absolute Gasteiger partial charge is 0.267 e. The number of carbonyl (C=O) groups excluding carboxylic acids is 1. The van der Waals surface area contributed by atoms with E-state index in [1.165, 1.54) is 10.7 Å². The third-order valence-corrected chi connectivity index (χ3v) is 5.06. The molecule has 7 heteroatoms. The van der Waals surface area contributed by atoms with Crippen molar-refractivity contribution in [3.05, 3.63) is 70.5 Å². The van der Waals surface area contributed by atoms with Gasteiger partial charge < -0.3 is 14.8 Å². The SMILES string of the molecule is COc1ccc(-c2ccc(=O)n([C@@H]3CCc4ccccc4NC3=O)n2)cc1OC. The van der Waals surface area contributed by atoms with Crippen molar-refractivity contribution in [2.45, 2.75) is 18.9 Å². The molecule has 1 amide bonds. The molecule has 1 aromatic heterocycles. The number of ether oxygens (including phenoxy) is 2. The monoisotopic (exact) mass is 391 g/mol. The summed E-state index contributed by atoms with van der Waals surface area (Å²) < 4.78 is 11.9. The normalized spacial score (nSPS) is 15.8. The highest BCUT2D eigenvalue weighted by Crippen LogP contribution is 2.32. The molecule has 1 N–H and O–H groups in total. The Morgan fingerprint density at radius 3 is 2.59 bits per heavy atom. The minimum atomic E-state index is -0.685. The van der Waals surface area contributed by atoms with Crippen LogP contribution in [0.15, 0.2) is 59.4 Å². The molecule has 7 nitrogen and oxygen atoms in total.